The van der Waals surface area contributed by atoms with Crippen LogP contribution >= 0.6 is 0 Å². The van der Waals surface area contributed by atoms with Gasteiger partial charge in [0.1, 0.15) is 10.7 Å². The Bertz CT molecular complexity index is 1110. The summed E-state index contributed by atoms with van der Waals surface area (Å²) in [7, 11) is -2.54. The van der Waals surface area contributed by atoms with Crippen LogP contribution in [0.5, 0.6) is 0 Å². The lowest BCUT2D eigenvalue weighted by atomic mass is 10.0. The fourth-order valence-corrected chi connectivity index (χ4v) is 5.33. The van der Waals surface area contributed by atoms with Crippen molar-refractivity contribution in [2.24, 2.45) is 0 Å². The fraction of sp³-hybridized carbons (Fsp3) is 0.333. The summed E-state index contributed by atoms with van der Waals surface area (Å²) in [4.78, 5) is 22.9. The van der Waals surface area contributed by atoms with E-state index in [-0.39, 0.29) is 35.7 Å². The number of fused-ring (bicyclic) bond motifs is 1. The molecular formula is C21H22FN3O4S. The van der Waals surface area contributed by atoms with Crippen molar-refractivity contribution < 1.29 is 22.4 Å². The summed E-state index contributed by atoms with van der Waals surface area (Å²) in [5, 5.41) is 5.12. The Kier molecular flexibility index (Phi) is 5.33. The molecule has 2 amide bonds. The predicted octanol–water partition coefficient (Wildman–Crippen LogP) is 2.42. The second-order valence-corrected chi connectivity index (χ2v) is 9.40. The molecule has 9 heteroatoms. The third kappa shape index (κ3) is 3.95. The molecule has 1 aliphatic carbocycles. The first-order chi connectivity index (χ1) is 14.3. The first-order valence-electron chi connectivity index (χ1n) is 9.74. The van der Waals surface area contributed by atoms with Gasteiger partial charge in [-0.15, -0.1) is 0 Å². The maximum absolute atomic E-state index is 14.8. The molecule has 1 fully saturated rings. The number of carbonyl (C=O) groups excluding carboxylic acids is 2. The number of hydrogen-bond donors (Lipinski definition) is 2. The summed E-state index contributed by atoms with van der Waals surface area (Å²) >= 11 is 0. The van der Waals surface area contributed by atoms with E-state index < -0.39 is 15.8 Å². The summed E-state index contributed by atoms with van der Waals surface area (Å²) in [5.41, 5.74) is 2.12. The average molecular weight is 431 g/mol. The average Bonchev–Trinajstić information content (AvgIpc) is 3.56. The Hall–Kier alpha value is -2.78. The number of halogens is 1. The van der Waals surface area contributed by atoms with Crippen molar-refractivity contribution in [3.8, 4) is 0 Å². The number of nitrogens with zero attached hydrogens (tertiary/aromatic N) is 1. The van der Waals surface area contributed by atoms with Crippen molar-refractivity contribution in [2.75, 3.05) is 12.4 Å². The molecule has 2 aromatic carbocycles. The van der Waals surface area contributed by atoms with Gasteiger partial charge in [-0.3, -0.25) is 9.59 Å². The van der Waals surface area contributed by atoms with Gasteiger partial charge in [0.2, 0.25) is 15.9 Å². The Labute approximate surface area is 174 Å². The largest absolute Gasteiger partial charge is 0.355 e. The van der Waals surface area contributed by atoms with E-state index in [1.165, 1.54) is 17.4 Å². The van der Waals surface area contributed by atoms with Gasteiger partial charge in [0.25, 0.3) is 5.91 Å². The van der Waals surface area contributed by atoms with Gasteiger partial charge >= 0.3 is 0 Å². The highest BCUT2D eigenvalue weighted by Gasteiger charge is 2.39. The molecule has 1 heterocycles. The molecule has 0 saturated heterocycles. The van der Waals surface area contributed by atoms with Crippen molar-refractivity contribution in [3.63, 3.8) is 0 Å². The van der Waals surface area contributed by atoms with Crippen LogP contribution in [0.3, 0.4) is 0 Å². The number of hydrogen-bond acceptors (Lipinski definition) is 4. The lowest BCUT2D eigenvalue weighted by Gasteiger charge is -2.24. The molecule has 0 unspecified atom stereocenters. The van der Waals surface area contributed by atoms with Gasteiger partial charge in [-0.1, -0.05) is 12.1 Å². The second kappa shape index (κ2) is 7.81. The molecule has 2 N–H and O–H groups in total. The van der Waals surface area contributed by atoms with E-state index >= 15 is 0 Å². The molecule has 158 valence electrons. The van der Waals surface area contributed by atoms with Gasteiger partial charge in [0.15, 0.2) is 0 Å². The van der Waals surface area contributed by atoms with Crippen molar-refractivity contribution >= 4 is 27.5 Å². The van der Waals surface area contributed by atoms with Crippen LogP contribution in [0.2, 0.25) is 0 Å². The van der Waals surface area contributed by atoms with Gasteiger partial charge in [-0.25, -0.2) is 12.8 Å². The summed E-state index contributed by atoms with van der Waals surface area (Å²) in [5.74, 6) is -1.31. The van der Waals surface area contributed by atoms with E-state index in [0.29, 0.717) is 28.8 Å². The standard InChI is InChI=1S/C21H22FN3O4S/c1-23-21(27)14-4-2-13(3-5-14)12-25(16-7-8-16)30(28,29)19-10-15-6-9-20(26)24-18(15)11-17(19)22/h2-5,10-11,16H,6-9,12H2,1H3,(H,23,27)(H,24,26). The van der Waals surface area contributed by atoms with Crippen molar-refractivity contribution in [1.82, 2.24) is 9.62 Å². The highest BCUT2D eigenvalue weighted by Crippen LogP contribution is 2.36. The smallest absolute Gasteiger partial charge is 0.251 e. The predicted molar refractivity (Wildman–Crippen MR) is 109 cm³/mol. The zero-order valence-electron chi connectivity index (χ0n) is 16.4. The van der Waals surface area contributed by atoms with Gasteiger partial charge in [-0.05, 0) is 54.7 Å². The van der Waals surface area contributed by atoms with Crippen LogP contribution in [0, 0.1) is 5.82 Å². The van der Waals surface area contributed by atoms with Gasteiger partial charge in [0, 0.05) is 37.3 Å². The minimum Gasteiger partial charge on any atom is -0.355 e. The number of anilines is 1. The highest BCUT2D eigenvalue weighted by molar-refractivity contribution is 7.89. The van der Waals surface area contributed by atoms with Crippen LogP contribution in [-0.4, -0.2) is 37.6 Å². The number of carbonyl (C=O) groups is 2. The Morgan fingerprint density at radius 2 is 1.90 bits per heavy atom. The van der Waals surface area contributed by atoms with E-state index in [1.54, 1.807) is 24.3 Å². The first-order valence-corrected chi connectivity index (χ1v) is 11.2. The molecule has 30 heavy (non-hydrogen) atoms. The van der Waals surface area contributed by atoms with Crippen LogP contribution in [-0.2, 0) is 27.8 Å². The van der Waals surface area contributed by atoms with Crippen molar-refractivity contribution in [2.45, 2.75) is 43.2 Å². The quantitative estimate of drug-likeness (QED) is 0.734. The van der Waals surface area contributed by atoms with Crippen LogP contribution in [0.1, 0.15) is 40.7 Å². The number of aryl methyl sites for hydroxylation is 1. The summed E-state index contributed by atoms with van der Waals surface area (Å²) < 4.78 is 42.8. The molecule has 2 aromatic rings. The van der Waals surface area contributed by atoms with Crippen LogP contribution in [0.25, 0.3) is 0 Å². The van der Waals surface area contributed by atoms with Crippen molar-refractivity contribution in [1.29, 1.82) is 0 Å². The van der Waals surface area contributed by atoms with E-state index in [1.807, 2.05) is 0 Å². The molecule has 1 aliphatic heterocycles. The zero-order valence-corrected chi connectivity index (χ0v) is 17.3. The topological polar surface area (TPSA) is 95.6 Å². The maximum atomic E-state index is 14.8. The van der Waals surface area contributed by atoms with Crippen molar-refractivity contribution in [3.05, 3.63) is 58.9 Å². The molecule has 0 aromatic heterocycles. The second-order valence-electron chi connectivity index (χ2n) is 7.55. The number of sulfonamides is 1. The fourth-order valence-electron chi connectivity index (χ4n) is 3.56. The van der Waals surface area contributed by atoms with E-state index in [9.17, 15) is 22.4 Å². The molecule has 1 saturated carbocycles. The first kappa shape index (κ1) is 20.5. The highest BCUT2D eigenvalue weighted by atomic mass is 32.2. The normalized spacial score (nSPS) is 16.2. The lowest BCUT2D eigenvalue weighted by molar-refractivity contribution is -0.116. The van der Waals surface area contributed by atoms with E-state index in [2.05, 4.69) is 10.6 Å². The monoisotopic (exact) mass is 431 g/mol. The zero-order chi connectivity index (χ0) is 21.5. The molecule has 0 radical (unpaired) electrons. The SMILES string of the molecule is CNC(=O)c1ccc(CN(C2CC2)S(=O)(=O)c2cc3c(cc2F)NC(=O)CC3)cc1. The number of amides is 2. The van der Waals surface area contributed by atoms with Gasteiger partial charge in [0.05, 0.1) is 0 Å². The van der Waals surface area contributed by atoms with E-state index in [0.717, 1.165) is 18.9 Å². The van der Waals surface area contributed by atoms with Gasteiger partial charge < -0.3 is 10.6 Å². The van der Waals surface area contributed by atoms with Crippen LogP contribution in [0.15, 0.2) is 41.3 Å². The third-order valence-corrected chi connectivity index (χ3v) is 7.29. The minimum absolute atomic E-state index is 0.0916. The Balaban J connectivity index is 1.64. The Morgan fingerprint density at radius 3 is 2.53 bits per heavy atom. The summed E-state index contributed by atoms with van der Waals surface area (Å²) in [6, 6.07) is 8.92. The maximum Gasteiger partial charge on any atom is 0.251 e. The third-order valence-electron chi connectivity index (χ3n) is 5.38. The molecule has 4 rings (SSSR count). The number of benzene rings is 2. The number of nitrogens with one attached hydrogen (secondary N) is 2. The summed E-state index contributed by atoms with van der Waals surface area (Å²) in [6.07, 6.45) is 2.05. The van der Waals surface area contributed by atoms with Gasteiger partial charge in [-0.2, -0.15) is 4.31 Å². The molecule has 7 nitrogen and oxygen atoms in total. The van der Waals surface area contributed by atoms with Crippen LogP contribution in [0.4, 0.5) is 10.1 Å². The summed E-state index contributed by atoms with van der Waals surface area (Å²) in [6.45, 7) is 0.0916. The Morgan fingerprint density at radius 1 is 1.20 bits per heavy atom. The van der Waals surface area contributed by atoms with Crippen LogP contribution < -0.4 is 10.6 Å². The lowest BCUT2D eigenvalue weighted by Crippen LogP contribution is -2.33. The molecule has 0 atom stereocenters. The molecule has 0 bridgehead atoms. The molecule has 0 spiro atoms. The number of rotatable bonds is 6. The molecular weight excluding hydrogens is 409 g/mol. The minimum atomic E-state index is -4.08. The molecule has 2 aliphatic rings. The van der Waals surface area contributed by atoms with E-state index in [4.69, 9.17) is 0 Å².